The van der Waals surface area contributed by atoms with E-state index in [2.05, 4.69) is 29.2 Å². The number of aromatic nitrogens is 2. The predicted molar refractivity (Wildman–Crippen MR) is 108 cm³/mol. The Kier molecular flexibility index (Phi) is 5.24. The molecule has 0 spiro atoms. The van der Waals surface area contributed by atoms with E-state index in [-0.39, 0.29) is 17.9 Å². The normalized spacial score (nSPS) is 18.8. The molecule has 1 saturated heterocycles. The molecule has 27 heavy (non-hydrogen) atoms. The highest BCUT2D eigenvalue weighted by Gasteiger charge is 2.32. The minimum atomic E-state index is -0.0168. The number of nitrogens with zero attached hydrogens (tertiary/aromatic N) is 3. The van der Waals surface area contributed by atoms with Crippen LogP contribution in [0.5, 0.6) is 0 Å². The fourth-order valence-corrected chi connectivity index (χ4v) is 4.20. The van der Waals surface area contributed by atoms with Gasteiger partial charge >= 0.3 is 0 Å². The second-order valence-electron chi connectivity index (χ2n) is 8.00. The molecule has 1 N–H and O–H groups in total. The third kappa shape index (κ3) is 4.04. The Labute approximate surface area is 165 Å². The van der Waals surface area contributed by atoms with Crippen molar-refractivity contribution in [3.8, 4) is 5.69 Å². The van der Waals surface area contributed by atoms with Crippen molar-refractivity contribution in [1.82, 2.24) is 20.0 Å². The molecule has 1 saturated carbocycles. The standard InChI is InChI=1S/C21H27ClN4O/c1-14(2)20-19(13-23-26(20)18-5-3-4-15(22)12-18)21(27)24-16-8-10-25(11-9-16)17-6-7-17/h3-5,12-14,16-17H,6-11H2,1-2H3,(H,24,27). The largest absolute Gasteiger partial charge is 0.349 e. The van der Waals surface area contributed by atoms with Gasteiger partial charge in [-0.15, -0.1) is 0 Å². The number of hydrogen-bond acceptors (Lipinski definition) is 3. The Hall–Kier alpha value is -1.85. The van der Waals surface area contributed by atoms with Crippen molar-refractivity contribution in [2.45, 2.75) is 57.5 Å². The van der Waals surface area contributed by atoms with Gasteiger partial charge in [0.25, 0.3) is 5.91 Å². The molecule has 1 aromatic heterocycles. The first-order valence-electron chi connectivity index (χ1n) is 9.91. The lowest BCUT2D eigenvalue weighted by Crippen LogP contribution is -2.45. The number of halogens is 1. The van der Waals surface area contributed by atoms with E-state index in [0.717, 1.165) is 43.4 Å². The molecule has 0 unspecified atom stereocenters. The lowest BCUT2D eigenvalue weighted by atomic mass is 10.0. The summed E-state index contributed by atoms with van der Waals surface area (Å²) in [4.78, 5) is 15.5. The van der Waals surface area contributed by atoms with Gasteiger partial charge in [-0.1, -0.05) is 31.5 Å². The van der Waals surface area contributed by atoms with E-state index in [0.29, 0.717) is 10.6 Å². The number of rotatable bonds is 5. The minimum Gasteiger partial charge on any atom is -0.349 e. The van der Waals surface area contributed by atoms with Crippen LogP contribution >= 0.6 is 11.6 Å². The monoisotopic (exact) mass is 386 g/mol. The van der Waals surface area contributed by atoms with Gasteiger partial charge in [0.2, 0.25) is 0 Å². The Morgan fingerprint density at radius 2 is 1.96 bits per heavy atom. The third-order valence-corrected chi connectivity index (χ3v) is 5.81. The van der Waals surface area contributed by atoms with Gasteiger partial charge in [-0.2, -0.15) is 5.10 Å². The van der Waals surface area contributed by atoms with E-state index >= 15 is 0 Å². The van der Waals surface area contributed by atoms with Crippen molar-refractivity contribution in [1.29, 1.82) is 0 Å². The quantitative estimate of drug-likeness (QED) is 0.844. The molecule has 2 fully saturated rings. The summed E-state index contributed by atoms with van der Waals surface area (Å²) in [6, 6.07) is 8.63. The Balaban J connectivity index is 1.50. The molecule has 4 rings (SSSR count). The average Bonchev–Trinajstić information content (AvgIpc) is 3.39. The van der Waals surface area contributed by atoms with Gasteiger partial charge in [-0.25, -0.2) is 4.68 Å². The zero-order valence-electron chi connectivity index (χ0n) is 16.0. The van der Waals surface area contributed by atoms with Crippen LogP contribution in [0.2, 0.25) is 5.02 Å². The van der Waals surface area contributed by atoms with Crippen LogP contribution in [0.3, 0.4) is 0 Å². The summed E-state index contributed by atoms with van der Waals surface area (Å²) in [5.74, 6) is 0.154. The molecule has 6 heteroatoms. The summed E-state index contributed by atoms with van der Waals surface area (Å²) in [6.07, 6.45) is 6.43. The topological polar surface area (TPSA) is 50.2 Å². The first-order valence-corrected chi connectivity index (χ1v) is 10.3. The highest BCUT2D eigenvalue weighted by molar-refractivity contribution is 6.30. The number of carbonyl (C=O) groups excluding carboxylic acids is 1. The van der Waals surface area contributed by atoms with Gasteiger partial charge in [0, 0.05) is 30.2 Å². The summed E-state index contributed by atoms with van der Waals surface area (Å²) < 4.78 is 1.83. The van der Waals surface area contributed by atoms with Crippen LogP contribution in [0.4, 0.5) is 0 Å². The number of hydrogen-bond donors (Lipinski definition) is 1. The van der Waals surface area contributed by atoms with E-state index < -0.39 is 0 Å². The van der Waals surface area contributed by atoms with Crippen molar-refractivity contribution in [3.05, 3.63) is 46.7 Å². The maximum absolute atomic E-state index is 13.0. The molecule has 1 amide bonds. The number of carbonyl (C=O) groups is 1. The van der Waals surface area contributed by atoms with Gasteiger partial charge in [0.1, 0.15) is 0 Å². The van der Waals surface area contributed by atoms with E-state index in [4.69, 9.17) is 11.6 Å². The molecule has 2 aliphatic rings. The Morgan fingerprint density at radius 3 is 2.59 bits per heavy atom. The summed E-state index contributed by atoms with van der Waals surface area (Å²) in [7, 11) is 0. The predicted octanol–water partition coefficient (Wildman–Crippen LogP) is 4.01. The van der Waals surface area contributed by atoms with E-state index in [1.165, 1.54) is 12.8 Å². The second-order valence-corrected chi connectivity index (χ2v) is 8.44. The maximum Gasteiger partial charge on any atom is 0.255 e. The lowest BCUT2D eigenvalue weighted by Gasteiger charge is -2.32. The summed E-state index contributed by atoms with van der Waals surface area (Å²) in [5, 5.41) is 8.40. The molecular formula is C21H27ClN4O. The van der Waals surface area contributed by atoms with Crippen LogP contribution < -0.4 is 5.32 Å². The molecule has 2 heterocycles. The second kappa shape index (κ2) is 7.64. The Bertz CT molecular complexity index is 819. The summed E-state index contributed by atoms with van der Waals surface area (Å²) in [5.41, 5.74) is 2.46. The van der Waals surface area contributed by atoms with E-state index in [1.54, 1.807) is 6.20 Å². The smallest absolute Gasteiger partial charge is 0.255 e. The summed E-state index contributed by atoms with van der Waals surface area (Å²) >= 11 is 6.14. The molecule has 5 nitrogen and oxygen atoms in total. The average molecular weight is 387 g/mol. The lowest BCUT2D eigenvalue weighted by molar-refractivity contribution is 0.0907. The number of piperidine rings is 1. The SMILES string of the molecule is CC(C)c1c(C(=O)NC2CCN(C3CC3)CC2)cnn1-c1cccc(Cl)c1. The van der Waals surface area contributed by atoms with Crippen molar-refractivity contribution in [3.63, 3.8) is 0 Å². The van der Waals surface area contributed by atoms with Crippen LogP contribution in [0, 0.1) is 0 Å². The summed E-state index contributed by atoms with van der Waals surface area (Å²) in [6.45, 7) is 6.36. The molecule has 1 aliphatic heterocycles. The van der Waals surface area contributed by atoms with Crippen LogP contribution in [0.15, 0.2) is 30.5 Å². The number of likely N-dealkylation sites (tertiary alicyclic amines) is 1. The van der Waals surface area contributed by atoms with Gasteiger partial charge < -0.3 is 10.2 Å². The number of nitrogens with one attached hydrogen (secondary N) is 1. The van der Waals surface area contributed by atoms with Crippen LogP contribution in [-0.4, -0.2) is 45.8 Å². The van der Waals surface area contributed by atoms with Crippen molar-refractivity contribution in [2.75, 3.05) is 13.1 Å². The van der Waals surface area contributed by atoms with Crippen LogP contribution in [0.1, 0.15) is 61.5 Å². The fraction of sp³-hybridized carbons (Fsp3) is 0.524. The highest BCUT2D eigenvalue weighted by Crippen LogP contribution is 2.29. The molecule has 1 aromatic carbocycles. The molecular weight excluding hydrogens is 360 g/mol. The van der Waals surface area contributed by atoms with Gasteiger partial charge in [0.15, 0.2) is 0 Å². The molecule has 2 aromatic rings. The zero-order chi connectivity index (χ0) is 19.0. The minimum absolute atomic E-state index is 0.0168. The van der Waals surface area contributed by atoms with Crippen molar-refractivity contribution >= 4 is 17.5 Å². The molecule has 0 radical (unpaired) electrons. The van der Waals surface area contributed by atoms with Crippen LogP contribution in [-0.2, 0) is 0 Å². The molecule has 0 atom stereocenters. The maximum atomic E-state index is 13.0. The van der Waals surface area contributed by atoms with Gasteiger partial charge in [-0.05, 0) is 49.8 Å². The van der Waals surface area contributed by atoms with Crippen molar-refractivity contribution < 1.29 is 4.79 Å². The fourth-order valence-electron chi connectivity index (χ4n) is 4.01. The number of amides is 1. The van der Waals surface area contributed by atoms with Gasteiger partial charge in [-0.3, -0.25) is 4.79 Å². The Morgan fingerprint density at radius 1 is 1.22 bits per heavy atom. The van der Waals surface area contributed by atoms with E-state index in [1.807, 2.05) is 28.9 Å². The zero-order valence-corrected chi connectivity index (χ0v) is 16.7. The highest BCUT2D eigenvalue weighted by atomic mass is 35.5. The third-order valence-electron chi connectivity index (χ3n) is 5.58. The van der Waals surface area contributed by atoms with Crippen LogP contribution in [0.25, 0.3) is 5.69 Å². The first-order chi connectivity index (χ1) is 13.0. The molecule has 144 valence electrons. The van der Waals surface area contributed by atoms with Gasteiger partial charge in [0.05, 0.1) is 23.1 Å². The van der Waals surface area contributed by atoms with E-state index in [9.17, 15) is 4.79 Å². The molecule has 1 aliphatic carbocycles. The number of benzene rings is 1. The van der Waals surface area contributed by atoms with Crippen molar-refractivity contribution in [2.24, 2.45) is 0 Å². The molecule has 0 bridgehead atoms. The first kappa shape index (κ1) is 18.5.